The fourth-order valence-corrected chi connectivity index (χ4v) is 2.90. The molecule has 1 fully saturated rings. The van der Waals surface area contributed by atoms with Crippen LogP contribution in [-0.2, 0) is 16.8 Å². The summed E-state index contributed by atoms with van der Waals surface area (Å²) in [6.45, 7) is 7.40. The van der Waals surface area contributed by atoms with Gasteiger partial charge in [0.15, 0.2) is 5.82 Å². The SMILES string of the molecule is CCNc1cc(CC)nc(C2(OC)CCC(C)CC2)n1. The topological polar surface area (TPSA) is 47.0 Å². The van der Waals surface area contributed by atoms with E-state index in [-0.39, 0.29) is 5.60 Å². The number of aryl methyl sites for hydroxylation is 1. The first kappa shape index (κ1) is 15.2. The van der Waals surface area contributed by atoms with Gasteiger partial charge in [-0.2, -0.15) is 0 Å². The maximum atomic E-state index is 5.89. The minimum absolute atomic E-state index is 0.290. The zero-order valence-corrected chi connectivity index (χ0v) is 13.2. The van der Waals surface area contributed by atoms with Crippen molar-refractivity contribution in [1.82, 2.24) is 9.97 Å². The molecule has 1 heterocycles. The van der Waals surface area contributed by atoms with Crippen LogP contribution in [0.25, 0.3) is 0 Å². The molecule has 0 bridgehead atoms. The van der Waals surface area contributed by atoms with Gasteiger partial charge >= 0.3 is 0 Å². The molecule has 1 aliphatic rings. The summed E-state index contributed by atoms with van der Waals surface area (Å²) in [5.74, 6) is 2.56. The quantitative estimate of drug-likeness (QED) is 0.894. The molecule has 1 aromatic rings. The summed E-state index contributed by atoms with van der Waals surface area (Å²) in [4.78, 5) is 9.47. The standard InChI is InChI=1S/C16H27N3O/c1-5-13-11-14(17-6-2)19-15(18-13)16(20-4)9-7-12(3)8-10-16/h11-12H,5-10H2,1-4H3,(H,17,18,19). The Morgan fingerprint density at radius 3 is 2.55 bits per heavy atom. The van der Waals surface area contributed by atoms with E-state index in [0.29, 0.717) is 0 Å². The van der Waals surface area contributed by atoms with Crippen LogP contribution >= 0.6 is 0 Å². The third-order valence-electron chi connectivity index (χ3n) is 4.38. The van der Waals surface area contributed by atoms with Crippen molar-refractivity contribution < 1.29 is 4.74 Å². The van der Waals surface area contributed by atoms with Gasteiger partial charge in [-0.3, -0.25) is 0 Å². The summed E-state index contributed by atoms with van der Waals surface area (Å²) in [6.07, 6.45) is 5.32. The van der Waals surface area contributed by atoms with Crippen LogP contribution in [0.15, 0.2) is 6.07 Å². The van der Waals surface area contributed by atoms with Crippen LogP contribution in [-0.4, -0.2) is 23.6 Å². The van der Waals surface area contributed by atoms with Gasteiger partial charge in [-0.1, -0.05) is 13.8 Å². The van der Waals surface area contributed by atoms with Crippen molar-refractivity contribution in [2.45, 2.75) is 58.5 Å². The Hall–Kier alpha value is -1.16. The number of rotatable bonds is 5. The Bertz CT molecular complexity index is 439. The predicted octanol–water partition coefficient (Wildman–Crippen LogP) is 3.52. The molecular formula is C16H27N3O. The van der Waals surface area contributed by atoms with Crippen LogP contribution in [0.1, 0.15) is 58.0 Å². The first-order valence-corrected chi connectivity index (χ1v) is 7.81. The molecule has 1 saturated carbocycles. The fraction of sp³-hybridized carbons (Fsp3) is 0.750. The lowest BCUT2D eigenvalue weighted by atomic mass is 9.79. The van der Waals surface area contributed by atoms with Gasteiger partial charge in [0.2, 0.25) is 0 Å². The van der Waals surface area contributed by atoms with Crippen LogP contribution in [0.2, 0.25) is 0 Å². The molecule has 0 saturated heterocycles. The molecule has 1 N–H and O–H groups in total. The molecule has 2 rings (SSSR count). The molecule has 1 aromatic heterocycles. The summed E-state index contributed by atoms with van der Waals surface area (Å²) >= 11 is 0. The van der Waals surface area contributed by atoms with Crippen molar-refractivity contribution in [2.75, 3.05) is 19.0 Å². The third-order valence-corrected chi connectivity index (χ3v) is 4.38. The van der Waals surface area contributed by atoms with Crippen LogP contribution in [0, 0.1) is 5.92 Å². The lowest BCUT2D eigenvalue weighted by Gasteiger charge is -2.37. The molecule has 0 amide bonds. The van der Waals surface area contributed by atoms with Gasteiger partial charge < -0.3 is 10.1 Å². The lowest BCUT2D eigenvalue weighted by molar-refractivity contribution is -0.0597. The van der Waals surface area contributed by atoms with Gasteiger partial charge in [0.1, 0.15) is 11.4 Å². The highest BCUT2D eigenvalue weighted by Gasteiger charge is 2.39. The molecular weight excluding hydrogens is 250 g/mol. The Kier molecular flexibility index (Phi) is 4.97. The van der Waals surface area contributed by atoms with Crippen molar-refractivity contribution in [2.24, 2.45) is 5.92 Å². The normalized spacial score (nSPS) is 26.5. The largest absolute Gasteiger partial charge is 0.370 e. The second-order valence-electron chi connectivity index (χ2n) is 5.83. The Balaban J connectivity index is 2.35. The number of nitrogens with one attached hydrogen (secondary N) is 1. The monoisotopic (exact) mass is 277 g/mol. The Morgan fingerprint density at radius 2 is 2.00 bits per heavy atom. The summed E-state index contributed by atoms with van der Waals surface area (Å²) in [5, 5.41) is 3.31. The van der Waals surface area contributed by atoms with Crippen molar-refractivity contribution in [3.05, 3.63) is 17.6 Å². The van der Waals surface area contributed by atoms with E-state index in [1.165, 1.54) is 12.8 Å². The van der Waals surface area contributed by atoms with Gasteiger partial charge in [-0.05, 0) is 44.9 Å². The third kappa shape index (κ3) is 3.11. The first-order valence-electron chi connectivity index (χ1n) is 7.81. The molecule has 4 nitrogen and oxygen atoms in total. The zero-order chi connectivity index (χ0) is 14.6. The van der Waals surface area contributed by atoms with Crippen LogP contribution < -0.4 is 5.32 Å². The minimum atomic E-state index is -0.290. The molecule has 1 aliphatic carbocycles. The van der Waals surface area contributed by atoms with Crippen molar-refractivity contribution in [3.63, 3.8) is 0 Å². The van der Waals surface area contributed by atoms with E-state index in [2.05, 4.69) is 26.1 Å². The van der Waals surface area contributed by atoms with Crippen molar-refractivity contribution in [1.29, 1.82) is 0 Å². The van der Waals surface area contributed by atoms with E-state index in [1.807, 2.05) is 6.07 Å². The van der Waals surface area contributed by atoms with Gasteiger partial charge in [0.05, 0.1) is 0 Å². The van der Waals surface area contributed by atoms with Crippen LogP contribution in [0.3, 0.4) is 0 Å². The number of methoxy groups -OCH3 is 1. The molecule has 0 atom stereocenters. The van der Waals surface area contributed by atoms with E-state index in [0.717, 1.165) is 49.1 Å². The van der Waals surface area contributed by atoms with E-state index < -0.39 is 0 Å². The minimum Gasteiger partial charge on any atom is -0.370 e. The molecule has 0 radical (unpaired) electrons. The van der Waals surface area contributed by atoms with Crippen LogP contribution in [0.4, 0.5) is 5.82 Å². The molecule has 0 unspecified atom stereocenters. The lowest BCUT2D eigenvalue weighted by Crippen LogP contribution is -2.35. The first-order chi connectivity index (χ1) is 9.63. The summed E-state index contributed by atoms with van der Waals surface area (Å²) < 4.78 is 5.89. The van der Waals surface area contributed by atoms with E-state index >= 15 is 0 Å². The maximum Gasteiger partial charge on any atom is 0.162 e. The highest BCUT2D eigenvalue weighted by Crippen LogP contribution is 2.40. The van der Waals surface area contributed by atoms with E-state index in [4.69, 9.17) is 14.7 Å². The van der Waals surface area contributed by atoms with Gasteiger partial charge in [-0.25, -0.2) is 9.97 Å². The average Bonchev–Trinajstić information content (AvgIpc) is 2.48. The zero-order valence-electron chi connectivity index (χ0n) is 13.2. The number of hydrogen-bond donors (Lipinski definition) is 1. The molecule has 4 heteroatoms. The van der Waals surface area contributed by atoms with E-state index in [1.54, 1.807) is 7.11 Å². The highest BCUT2D eigenvalue weighted by molar-refractivity contribution is 5.37. The molecule has 20 heavy (non-hydrogen) atoms. The second-order valence-corrected chi connectivity index (χ2v) is 5.83. The highest BCUT2D eigenvalue weighted by atomic mass is 16.5. The molecule has 0 spiro atoms. The number of nitrogens with zero attached hydrogens (tertiary/aromatic N) is 2. The Labute approximate surface area is 122 Å². The molecule has 0 aromatic carbocycles. The summed E-state index contributed by atoms with van der Waals surface area (Å²) in [7, 11) is 1.80. The average molecular weight is 277 g/mol. The summed E-state index contributed by atoms with van der Waals surface area (Å²) in [6, 6.07) is 2.04. The van der Waals surface area contributed by atoms with Crippen molar-refractivity contribution >= 4 is 5.82 Å². The van der Waals surface area contributed by atoms with Gasteiger partial charge in [0, 0.05) is 25.4 Å². The van der Waals surface area contributed by atoms with Crippen LogP contribution in [0.5, 0.6) is 0 Å². The fourth-order valence-electron chi connectivity index (χ4n) is 2.90. The smallest absolute Gasteiger partial charge is 0.162 e. The molecule has 112 valence electrons. The van der Waals surface area contributed by atoms with Crippen molar-refractivity contribution in [3.8, 4) is 0 Å². The molecule has 0 aliphatic heterocycles. The predicted molar refractivity (Wildman–Crippen MR) is 81.9 cm³/mol. The number of ether oxygens (including phenoxy) is 1. The number of aromatic nitrogens is 2. The maximum absolute atomic E-state index is 5.89. The second kappa shape index (κ2) is 6.53. The van der Waals surface area contributed by atoms with Gasteiger partial charge in [0.25, 0.3) is 0 Å². The van der Waals surface area contributed by atoms with Gasteiger partial charge in [-0.15, -0.1) is 0 Å². The Morgan fingerprint density at radius 1 is 1.30 bits per heavy atom. The summed E-state index contributed by atoms with van der Waals surface area (Å²) in [5.41, 5.74) is 0.794. The number of anilines is 1. The van der Waals surface area contributed by atoms with E-state index in [9.17, 15) is 0 Å². The number of hydrogen-bond acceptors (Lipinski definition) is 4.